The predicted molar refractivity (Wildman–Crippen MR) is 109 cm³/mol. The van der Waals surface area contributed by atoms with E-state index in [1.807, 2.05) is 26.0 Å². The Hall–Kier alpha value is -3.19. The zero-order chi connectivity index (χ0) is 19.9. The van der Waals surface area contributed by atoms with Crippen LogP contribution in [-0.2, 0) is 0 Å². The van der Waals surface area contributed by atoms with Gasteiger partial charge in [-0.15, -0.1) is 0 Å². The standard InChI is InChI=1S/C20H20ClN5O2/c1-3-26(4-2)20(27)28-18-12-22-9-8-16(18)17-11-23-13-19(25-17)24-15-7-5-6-14(21)10-15/h5-13H,3-4H2,1-2H3,(H,24,25). The van der Waals surface area contributed by atoms with Gasteiger partial charge >= 0.3 is 6.09 Å². The molecular weight excluding hydrogens is 378 g/mol. The van der Waals surface area contributed by atoms with Gasteiger partial charge in [0.15, 0.2) is 5.75 Å². The number of nitrogens with one attached hydrogen (secondary N) is 1. The summed E-state index contributed by atoms with van der Waals surface area (Å²) in [5.41, 5.74) is 1.97. The van der Waals surface area contributed by atoms with E-state index in [4.69, 9.17) is 16.3 Å². The number of hydrogen-bond donors (Lipinski definition) is 1. The molecule has 0 aliphatic heterocycles. The fourth-order valence-corrected chi connectivity index (χ4v) is 2.77. The van der Waals surface area contributed by atoms with Crippen LogP contribution < -0.4 is 10.1 Å². The van der Waals surface area contributed by atoms with Crippen molar-refractivity contribution in [3.05, 3.63) is 60.1 Å². The van der Waals surface area contributed by atoms with Crippen molar-refractivity contribution in [2.75, 3.05) is 18.4 Å². The maximum Gasteiger partial charge on any atom is 0.415 e. The molecule has 1 N–H and O–H groups in total. The number of ether oxygens (including phenoxy) is 1. The summed E-state index contributed by atoms with van der Waals surface area (Å²) in [4.78, 5) is 26.8. The summed E-state index contributed by atoms with van der Waals surface area (Å²) in [6, 6.07) is 9.04. The molecule has 0 unspecified atom stereocenters. The fraction of sp³-hybridized carbons (Fsp3) is 0.200. The second-order valence-electron chi connectivity index (χ2n) is 5.84. The number of carbonyl (C=O) groups excluding carboxylic acids is 1. The summed E-state index contributed by atoms with van der Waals surface area (Å²) >= 11 is 6.02. The largest absolute Gasteiger partial charge is 0.415 e. The lowest BCUT2D eigenvalue weighted by Crippen LogP contribution is -2.33. The Balaban J connectivity index is 1.87. The molecule has 3 aromatic rings. The van der Waals surface area contributed by atoms with Gasteiger partial charge in [0, 0.05) is 35.6 Å². The number of anilines is 2. The molecule has 3 rings (SSSR count). The molecule has 0 aliphatic carbocycles. The molecule has 2 aromatic heterocycles. The maximum atomic E-state index is 12.3. The molecule has 0 atom stereocenters. The highest BCUT2D eigenvalue weighted by atomic mass is 35.5. The van der Waals surface area contributed by atoms with Gasteiger partial charge in [-0.25, -0.2) is 9.78 Å². The minimum absolute atomic E-state index is 0.327. The Bertz CT molecular complexity index is 963. The van der Waals surface area contributed by atoms with Crippen LogP contribution in [0.4, 0.5) is 16.3 Å². The molecular formula is C20H20ClN5O2. The summed E-state index contributed by atoms with van der Waals surface area (Å²) in [6.45, 7) is 4.91. The number of hydrogen-bond acceptors (Lipinski definition) is 6. The second kappa shape index (κ2) is 9.14. The van der Waals surface area contributed by atoms with Gasteiger partial charge in [-0.3, -0.25) is 9.97 Å². The minimum Gasteiger partial charge on any atom is -0.408 e. The van der Waals surface area contributed by atoms with Gasteiger partial charge in [-0.05, 0) is 38.1 Å². The molecule has 8 heteroatoms. The van der Waals surface area contributed by atoms with E-state index in [-0.39, 0.29) is 0 Å². The van der Waals surface area contributed by atoms with Crippen molar-refractivity contribution in [1.82, 2.24) is 19.9 Å². The first kappa shape index (κ1) is 19.6. The first-order valence-corrected chi connectivity index (χ1v) is 9.24. The van der Waals surface area contributed by atoms with Crippen molar-refractivity contribution in [2.45, 2.75) is 13.8 Å². The SMILES string of the molecule is CCN(CC)C(=O)Oc1cnccc1-c1cncc(Nc2cccc(Cl)c2)n1. The number of rotatable bonds is 6. The lowest BCUT2D eigenvalue weighted by atomic mass is 10.2. The van der Waals surface area contributed by atoms with Gasteiger partial charge in [0.2, 0.25) is 0 Å². The van der Waals surface area contributed by atoms with Gasteiger partial charge in [-0.1, -0.05) is 17.7 Å². The zero-order valence-electron chi connectivity index (χ0n) is 15.6. The maximum absolute atomic E-state index is 12.3. The number of pyridine rings is 1. The Morgan fingerprint density at radius 2 is 1.96 bits per heavy atom. The number of halogens is 1. The predicted octanol–water partition coefficient (Wildman–Crippen LogP) is 4.78. The number of nitrogens with zero attached hydrogens (tertiary/aromatic N) is 4. The van der Waals surface area contributed by atoms with Gasteiger partial charge in [-0.2, -0.15) is 0 Å². The van der Waals surface area contributed by atoms with E-state index < -0.39 is 6.09 Å². The summed E-state index contributed by atoms with van der Waals surface area (Å²) in [7, 11) is 0. The van der Waals surface area contributed by atoms with E-state index in [0.717, 1.165) is 5.69 Å². The second-order valence-corrected chi connectivity index (χ2v) is 6.27. The van der Waals surface area contributed by atoms with Crippen molar-refractivity contribution in [2.24, 2.45) is 0 Å². The molecule has 2 heterocycles. The zero-order valence-corrected chi connectivity index (χ0v) is 16.3. The molecule has 144 valence electrons. The minimum atomic E-state index is -0.430. The van der Waals surface area contributed by atoms with E-state index in [1.165, 1.54) is 6.20 Å². The van der Waals surface area contributed by atoms with Crippen LogP contribution in [0.3, 0.4) is 0 Å². The molecule has 1 aromatic carbocycles. The Labute approximate surface area is 168 Å². The average molecular weight is 398 g/mol. The van der Waals surface area contributed by atoms with Crippen LogP contribution in [0.1, 0.15) is 13.8 Å². The molecule has 0 saturated heterocycles. The van der Waals surface area contributed by atoms with Gasteiger partial charge < -0.3 is 15.0 Å². The van der Waals surface area contributed by atoms with Crippen LogP contribution in [-0.4, -0.2) is 39.0 Å². The number of benzene rings is 1. The highest BCUT2D eigenvalue weighted by Crippen LogP contribution is 2.29. The molecule has 1 amide bonds. The molecule has 0 saturated carbocycles. The molecule has 0 bridgehead atoms. The van der Waals surface area contributed by atoms with Crippen LogP contribution >= 0.6 is 11.6 Å². The van der Waals surface area contributed by atoms with Crippen LogP contribution in [0.2, 0.25) is 5.02 Å². The number of carbonyl (C=O) groups is 1. The van der Waals surface area contributed by atoms with Crippen LogP contribution in [0.5, 0.6) is 5.75 Å². The van der Waals surface area contributed by atoms with E-state index >= 15 is 0 Å². The third kappa shape index (κ3) is 4.75. The third-order valence-electron chi connectivity index (χ3n) is 4.01. The molecule has 28 heavy (non-hydrogen) atoms. The Kier molecular flexibility index (Phi) is 6.39. The van der Waals surface area contributed by atoms with Crippen LogP contribution in [0, 0.1) is 0 Å². The lowest BCUT2D eigenvalue weighted by molar-refractivity contribution is 0.157. The summed E-state index contributed by atoms with van der Waals surface area (Å²) < 4.78 is 5.54. The van der Waals surface area contributed by atoms with Crippen molar-refractivity contribution in [3.8, 4) is 17.0 Å². The highest BCUT2D eigenvalue weighted by molar-refractivity contribution is 6.30. The van der Waals surface area contributed by atoms with Gasteiger partial charge in [0.25, 0.3) is 0 Å². The van der Waals surface area contributed by atoms with Crippen molar-refractivity contribution in [1.29, 1.82) is 0 Å². The first-order chi connectivity index (χ1) is 13.6. The fourth-order valence-electron chi connectivity index (χ4n) is 2.58. The van der Waals surface area contributed by atoms with Crippen molar-refractivity contribution < 1.29 is 9.53 Å². The first-order valence-electron chi connectivity index (χ1n) is 8.86. The lowest BCUT2D eigenvalue weighted by Gasteiger charge is -2.18. The van der Waals surface area contributed by atoms with E-state index in [0.29, 0.717) is 40.9 Å². The smallest absolute Gasteiger partial charge is 0.408 e. The van der Waals surface area contributed by atoms with E-state index in [1.54, 1.807) is 41.7 Å². The number of amides is 1. The van der Waals surface area contributed by atoms with Gasteiger partial charge in [0.05, 0.1) is 24.3 Å². The normalized spacial score (nSPS) is 10.4. The summed E-state index contributed by atoms with van der Waals surface area (Å²) in [6.07, 6.45) is 5.89. The molecule has 0 fully saturated rings. The number of aromatic nitrogens is 3. The quantitative estimate of drug-likeness (QED) is 0.644. The summed E-state index contributed by atoms with van der Waals surface area (Å²) in [5.74, 6) is 0.867. The van der Waals surface area contributed by atoms with Crippen molar-refractivity contribution >= 4 is 29.2 Å². The van der Waals surface area contributed by atoms with Crippen LogP contribution in [0.25, 0.3) is 11.3 Å². The molecule has 7 nitrogen and oxygen atoms in total. The average Bonchev–Trinajstić information content (AvgIpc) is 2.69. The van der Waals surface area contributed by atoms with E-state index in [2.05, 4.69) is 20.3 Å². The molecule has 0 aliphatic rings. The van der Waals surface area contributed by atoms with Crippen LogP contribution in [0.15, 0.2) is 55.1 Å². The Morgan fingerprint density at radius 3 is 2.71 bits per heavy atom. The van der Waals surface area contributed by atoms with Crippen molar-refractivity contribution in [3.63, 3.8) is 0 Å². The van der Waals surface area contributed by atoms with Gasteiger partial charge in [0.1, 0.15) is 5.82 Å². The molecule has 0 radical (unpaired) electrons. The highest BCUT2D eigenvalue weighted by Gasteiger charge is 2.16. The topological polar surface area (TPSA) is 80.2 Å². The van der Waals surface area contributed by atoms with E-state index in [9.17, 15) is 4.79 Å². The Morgan fingerprint density at radius 1 is 1.14 bits per heavy atom. The summed E-state index contributed by atoms with van der Waals surface area (Å²) in [5, 5.41) is 3.78. The third-order valence-corrected chi connectivity index (χ3v) is 4.25. The monoisotopic (exact) mass is 397 g/mol. The molecule has 0 spiro atoms.